The Balaban J connectivity index is 2.01. The number of benzene rings is 1. The van der Waals surface area contributed by atoms with Crippen LogP contribution in [0, 0.1) is 5.92 Å². The second-order valence-electron chi connectivity index (χ2n) is 7.34. The predicted molar refractivity (Wildman–Crippen MR) is 100 cm³/mol. The molecular weight excluding hydrogens is 336 g/mol. The molecule has 0 aliphatic carbocycles. The first-order valence-electron chi connectivity index (χ1n) is 9.22. The molecule has 2 rings (SSSR count). The van der Waals surface area contributed by atoms with Gasteiger partial charge in [-0.15, -0.1) is 0 Å². The Morgan fingerprint density at radius 2 is 1.84 bits per heavy atom. The van der Waals surface area contributed by atoms with Gasteiger partial charge in [0.05, 0.1) is 4.90 Å². The minimum Gasteiger partial charge on any atom is -0.350 e. The number of nitrogens with one attached hydrogen (secondary N) is 1. The Morgan fingerprint density at radius 3 is 2.48 bits per heavy atom. The van der Waals surface area contributed by atoms with Gasteiger partial charge in [-0.2, -0.15) is 4.31 Å². The zero-order valence-corrected chi connectivity index (χ0v) is 16.3. The van der Waals surface area contributed by atoms with E-state index in [0.29, 0.717) is 24.6 Å². The van der Waals surface area contributed by atoms with E-state index in [0.717, 1.165) is 32.1 Å². The minimum atomic E-state index is -3.49. The van der Waals surface area contributed by atoms with E-state index in [1.165, 1.54) is 10.4 Å². The van der Waals surface area contributed by atoms with Crippen molar-refractivity contribution in [3.05, 3.63) is 29.8 Å². The quantitative estimate of drug-likeness (QED) is 0.767. The van der Waals surface area contributed by atoms with Gasteiger partial charge in [-0.1, -0.05) is 32.8 Å². The second-order valence-corrected chi connectivity index (χ2v) is 9.28. The van der Waals surface area contributed by atoms with Crippen LogP contribution in [0.3, 0.4) is 0 Å². The van der Waals surface area contributed by atoms with Gasteiger partial charge < -0.3 is 5.32 Å². The van der Waals surface area contributed by atoms with Crippen molar-refractivity contribution in [2.24, 2.45) is 5.92 Å². The van der Waals surface area contributed by atoms with E-state index in [2.05, 4.69) is 19.2 Å². The first-order chi connectivity index (χ1) is 11.8. The van der Waals surface area contributed by atoms with Gasteiger partial charge in [0.15, 0.2) is 0 Å². The lowest BCUT2D eigenvalue weighted by Gasteiger charge is -2.17. The summed E-state index contributed by atoms with van der Waals surface area (Å²) >= 11 is 0. The molecule has 1 N–H and O–H groups in total. The van der Waals surface area contributed by atoms with Crippen molar-refractivity contribution in [2.75, 3.05) is 13.1 Å². The first kappa shape index (κ1) is 19.9. The Hall–Kier alpha value is -1.40. The molecule has 1 unspecified atom stereocenters. The smallest absolute Gasteiger partial charge is 0.251 e. The molecule has 140 valence electrons. The van der Waals surface area contributed by atoms with Crippen LogP contribution in [0.4, 0.5) is 0 Å². The molecule has 1 saturated heterocycles. The third-order valence-electron chi connectivity index (χ3n) is 4.60. The maximum absolute atomic E-state index is 12.6. The molecule has 25 heavy (non-hydrogen) atoms. The van der Waals surface area contributed by atoms with Crippen molar-refractivity contribution in [2.45, 2.75) is 63.8 Å². The maximum atomic E-state index is 12.6. The lowest BCUT2D eigenvalue weighted by Crippen LogP contribution is -2.33. The van der Waals surface area contributed by atoms with E-state index < -0.39 is 10.0 Å². The fourth-order valence-corrected chi connectivity index (χ4v) is 4.65. The Kier molecular flexibility index (Phi) is 7.02. The van der Waals surface area contributed by atoms with Gasteiger partial charge in [-0.3, -0.25) is 4.79 Å². The van der Waals surface area contributed by atoms with Gasteiger partial charge in [0.1, 0.15) is 0 Å². The van der Waals surface area contributed by atoms with Gasteiger partial charge in [0, 0.05) is 24.7 Å². The summed E-state index contributed by atoms with van der Waals surface area (Å²) in [5.74, 6) is 0.450. The van der Waals surface area contributed by atoms with Crippen molar-refractivity contribution in [1.29, 1.82) is 0 Å². The molecular formula is C19H30N2O3S. The Morgan fingerprint density at radius 1 is 1.16 bits per heavy atom. The standard InChI is InChI=1S/C19H30N2O3S/c1-15(2)8-6-9-16(3)20-19(22)17-10-7-11-18(14-17)25(23,24)21-12-4-5-13-21/h7,10-11,14-16H,4-6,8-9,12-13H2,1-3H3,(H,20,22). The van der Waals surface area contributed by atoms with Crippen LogP contribution in [-0.4, -0.2) is 37.8 Å². The SMILES string of the molecule is CC(C)CCCC(C)NC(=O)c1cccc(S(=O)(=O)N2CCCC2)c1. The van der Waals surface area contributed by atoms with E-state index in [-0.39, 0.29) is 16.8 Å². The normalized spacial score (nSPS) is 17.0. The third-order valence-corrected chi connectivity index (χ3v) is 6.49. The number of rotatable bonds is 8. The second kappa shape index (κ2) is 8.81. The van der Waals surface area contributed by atoms with Crippen LogP contribution in [0.1, 0.15) is 63.2 Å². The van der Waals surface area contributed by atoms with E-state index in [1.54, 1.807) is 18.2 Å². The van der Waals surface area contributed by atoms with Crippen LogP contribution >= 0.6 is 0 Å². The van der Waals surface area contributed by atoms with Crippen LogP contribution in [0.15, 0.2) is 29.2 Å². The number of amides is 1. The highest BCUT2D eigenvalue weighted by Gasteiger charge is 2.27. The molecule has 1 fully saturated rings. The molecule has 1 amide bonds. The Labute approximate surface area is 151 Å². The van der Waals surface area contributed by atoms with Crippen molar-refractivity contribution in [3.8, 4) is 0 Å². The average Bonchev–Trinajstić information content (AvgIpc) is 3.10. The zero-order chi connectivity index (χ0) is 18.4. The van der Waals surface area contributed by atoms with Gasteiger partial charge in [0.25, 0.3) is 5.91 Å². The Bertz CT molecular complexity index is 680. The lowest BCUT2D eigenvalue weighted by atomic mass is 10.0. The summed E-state index contributed by atoms with van der Waals surface area (Å²) in [5.41, 5.74) is 0.399. The monoisotopic (exact) mass is 366 g/mol. The fourth-order valence-electron chi connectivity index (χ4n) is 3.09. The fraction of sp³-hybridized carbons (Fsp3) is 0.632. The summed E-state index contributed by atoms with van der Waals surface area (Å²) in [4.78, 5) is 12.6. The van der Waals surface area contributed by atoms with Crippen LogP contribution in [0.5, 0.6) is 0 Å². The van der Waals surface area contributed by atoms with Crippen LogP contribution in [0.2, 0.25) is 0 Å². The molecule has 1 atom stereocenters. The summed E-state index contributed by atoms with van der Waals surface area (Å²) in [6, 6.07) is 6.44. The highest BCUT2D eigenvalue weighted by molar-refractivity contribution is 7.89. The number of nitrogens with zero attached hydrogens (tertiary/aromatic N) is 1. The zero-order valence-electron chi connectivity index (χ0n) is 15.5. The molecule has 1 aromatic rings. The molecule has 1 aromatic carbocycles. The number of carbonyl (C=O) groups is 1. The molecule has 5 nitrogen and oxygen atoms in total. The minimum absolute atomic E-state index is 0.0742. The highest BCUT2D eigenvalue weighted by atomic mass is 32.2. The largest absolute Gasteiger partial charge is 0.350 e. The van der Waals surface area contributed by atoms with Crippen molar-refractivity contribution in [1.82, 2.24) is 9.62 Å². The number of carbonyl (C=O) groups excluding carboxylic acids is 1. The average molecular weight is 367 g/mol. The third kappa shape index (κ3) is 5.54. The van der Waals surface area contributed by atoms with Crippen LogP contribution in [-0.2, 0) is 10.0 Å². The molecule has 0 saturated carbocycles. The van der Waals surface area contributed by atoms with Gasteiger partial charge in [0.2, 0.25) is 10.0 Å². The van der Waals surface area contributed by atoms with Crippen molar-refractivity contribution < 1.29 is 13.2 Å². The lowest BCUT2D eigenvalue weighted by molar-refractivity contribution is 0.0937. The van der Waals surface area contributed by atoms with E-state index >= 15 is 0 Å². The molecule has 0 bridgehead atoms. The number of sulfonamides is 1. The van der Waals surface area contributed by atoms with E-state index in [4.69, 9.17) is 0 Å². The highest BCUT2D eigenvalue weighted by Crippen LogP contribution is 2.21. The molecule has 0 radical (unpaired) electrons. The topological polar surface area (TPSA) is 66.5 Å². The number of hydrogen-bond acceptors (Lipinski definition) is 3. The van der Waals surface area contributed by atoms with Crippen LogP contribution in [0.25, 0.3) is 0 Å². The van der Waals surface area contributed by atoms with Gasteiger partial charge in [-0.05, 0) is 50.3 Å². The molecule has 1 aliphatic rings. The van der Waals surface area contributed by atoms with E-state index in [1.807, 2.05) is 6.92 Å². The van der Waals surface area contributed by atoms with Crippen LogP contribution < -0.4 is 5.32 Å². The summed E-state index contributed by atoms with van der Waals surface area (Å²) in [6.07, 6.45) is 4.93. The maximum Gasteiger partial charge on any atom is 0.251 e. The van der Waals surface area contributed by atoms with Crippen molar-refractivity contribution in [3.63, 3.8) is 0 Å². The van der Waals surface area contributed by atoms with E-state index in [9.17, 15) is 13.2 Å². The first-order valence-corrected chi connectivity index (χ1v) is 10.7. The molecule has 1 aliphatic heterocycles. The molecule has 1 heterocycles. The molecule has 6 heteroatoms. The predicted octanol–water partition coefficient (Wildman–Crippen LogP) is 3.42. The molecule has 0 aromatic heterocycles. The van der Waals surface area contributed by atoms with Gasteiger partial charge in [-0.25, -0.2) is 8.42 Å². The summed E-state index contributed by atoms with van der Waals surface area (Å²) < 4.78 is 26.8. The van der Waals surface area contributed by atoms with Crippen molar-refractivity contribution >= 4 is 15.9 Å². The summed E-state index contributed by atoms with van der Waals surface area (Å²) in [5, 5.41) is 2.97. The summed E-state index contributed by atoms with van der Waals surface area (Å²) in [7, 11) is -3.49. The number of hydrogen-bond donors (Lipinski definition) is 1. The molecule has 0 spiro atoms. The summed E-state index contributed by atoms with van der Waals surface area (Å²) in [6.45, 7) is 7.49. The van der Waals surface area contributed by atoms with Gasteiger partial charge >= 0.3 is 0 Å².